The predicted octanol–water partition coefficient (Wildman–Crippen LogP) is 0.394. The number of carbonyl (C=O) groups excluding carboxylic acids is 1. The molecule has 0 radical (unpaired) electrons. The van der Waals surface area contributed by atoms with Crippen molar-refractivity contribution in [2.45, 2.75) is 36.6 Å². The van der Waals surface area contributed by atoms with E-state index in [1.807, 2.05) is 0 Å². The minimum Gasteiger partial charge on any atom is -0.480 e. The van der Waals surface area contributed by atoms with Crippen molar-refractivity contribution in [2.24, 2.45) is 0 Å². The first-order chi connectivity index (χ1) is 9.27. The van der Waals surface area contributed by atoms with E-state index < -0.39 is 34.0 Å². The van der Waals surface area contributed by atoms with E-state index >= 15 is 0 Å². The number of amides is 1. The van der Waals surface area contributed by atoms with Gasteiger partial charge in [0.25, 0.3) is 10.0 Å². The van der Waals surface area contributed by atoms with E-state index in [2.05, 4.69) is 10.0 Å². The maximum atomic E-state index is 11.9. The molecule has 0 spiro atoms. The number of nitrogens with one attached hydrogen (secondary N) is 2. The molecule has 0 bridgehead atoms. The Kier molecular flexibility index (Phi) is 5.66. The number of carboxylic acid groups (broad SMARTS) is 1. The topological polar surface area (TPSA) is 113 Å². The van der Waals surface area contributed by atoms with Crippen LogP contribution in [-0.2, 0) is 19.6 Å². The summed E-state index contributed by atoms with van der Waals surface area (Å²) < 4.78 is 26.1. The first-order valence-corrected chi connectivity index (χ1v) is 8.23. The molecule has 7 nitrogen and oxygen atoms in total. The Labute approximate surface area is 121 Å². The molecular weight excluding hydrogens is 304 g/mol. The quantitative estimate of drug-likeness (QED) is 0.673. The maximum Gasteiger partial charge on any atom is 0.326 e. The molecule has 1 heterocycles. The second-order valence-electron chi connectivity index (χ2n) is 4.08. The average molecular weight is 320 g/mol. The summed E-state index contributed by atoms with van der Waals surface area (Å²) in [4.78, 5) is 22.6. The minimum absolute atomic E-state index is 0.0995. The molecule has 3 N–H and O–H groups in total. The Morgan fingerprint density at radius 3 is 2.55 bits per heavy atom. The minimum atomic E-state index is -3.76. The van der Waals surface area contributed by atoms with Gasteiger partial charge in [0.05, 0.1) is 6.04 Å². The van der Waals surface area contributed by atoms with Gasteiger partial charge in [0.2, 0.25) is 5.91 Å². The SMILES string of the molecule is CCC(NC(=O)C(C)NS(=O)(=O)c1cccs1)C(=O)O. The number of carboxylic acids is 1. The fraction of sp³-hybridized carbons (Fsp3) is 0.455. The lowest BCUT2D eigenvalue weighted by atomic mass is 10.2. The smallest absolute Gasteiger partial charge is 0.326 e. The van der Waals surface area contributed by atoms with Crippen LogP contribution in [0.1, 0.15) is 20.3 Å². The van der Waals surface area contributed by atoms with Crippen LogP contribution in [-0.4, -0.2) is 37.5 Å². The zero-order valence-corrected chi connectivity index (χ0v) is 12.6. The molecule has 2 unspecified atom stereocenters. The summed E-state index contributed by atoms with van der Waals surface area (Å²) in [5.41, 5.74) is 0. The van der Waals surface area contributed by atoms with Gasteiger partial charge >= 0.3 is 5.97 Å². The van der Waals surface area contributed by atoms with Gasteiger partial charge in [0.15, 0.2) is 0 Å². The molecule has 0 aliphatic carbocycles. The summed E-state index contributed by atoms with van der Waals surface area (Å²) in [5, 5.41) is 12.7. The third-order valence-corrected chi connectivity index (χ3v) is 5.45. The van der Waals surface area contributed by atoms with Crippen LogP contribution in [0.3, 0.4) is 0 Å². The molecule has 9 heteroatoms. The fourth-order valence-electron chi connectivity index (χ4n) is 1.40. The van der Waals surface area contributed by atoms with Gasteiger partial charge < -0.3 is 10.4 Å². The summed E-state index contributed by atoms with van der Waals surface area (Å²) in [6, 6.07) is 0.914. The normalized spacial score (nSPS) is 14.5. The number of carbonyl (C=O) groups is 2. The third kappa shape index (κ3) is 4.29. The average Bonchev–Trinajstić information content (AvgIpc) is 2.89. The number of thiophene rings is 1. The summed E-state index contributed by atoms with van der Waals surface area (Å²) in [7, 11) is -3.76. The van der Waals surface area contributed by atoms with Gasteiger partial charge in [-0.25, -0.2) is 13.2 Å². The summed E-state index contributed by atoms with van der Waals surface area (Å²) in [6.07, 6.45) is 0.214. The zero-order valence-electron chi connectivity index (χ0n) is 11.0. The van der Waals surface area contributed by atoms with Crippen LogP contribution in [0.2, 0.25) is 0 Å². The number of sulfonamides is 1. The summed E-state index contributed by atoms with van der Waals surface area (Å²) in [5.74, 6) is -1.84. The van der Waals surface area contributed by atoms with Crippen molar-refractivity contribution in [3.05, 3.63) is 17.5 Å². The van der Waals surface area contributed by atoms with Crippen molar-refractivity contribution < 1.29 is 23.1 Å². The van der Waals surface area contributed by atoms with Crippen LogP contribution < -0.4 is 10.0 Å². The number of hydrogen-bond acceptors (Lipinski definition) is 5. The zero-order chi connectivity index (χ0) is 15.3. The highest BCUT2D eigenvalue weighted by atomic mass is 32.2. The van der Waals surface area contributed by atoms with Gasteiger partial charge in [-0.3, -0.25) is 4.79 Å². The molecule has 0 fully saturated rings. The van der Waals surface area contributed by atoms with Crippen LogP contribution in [0.5, 0.6) is 0 Å². The van der Waals surface area contributed by atoms with E-state index in [-0.39, 0.29) is 10.6 Å². The fourth-order valence-corrected chi connectivity index (χ4v) is 3.61. The third-order valence-electron chi connectivity index (χ3n) is 2.51. The number of hydrogen-bond donors (Lipinski definition) is 3. The monoisotopic (exact) mass is 320 g/mol. The van der Waals surface area contributed by atoms with E-state index in [1.165, 1.54) is 13.0 Å². The van der Waals surface area contributed by atoms with Crippen molar-refractivity contribution in [1.29, 1.82) is 0 Å². The molecule has 0 saturated carbocycles. The van der Waals surface area contributed by atoms with E-state index in [4.69, 9.17) is 5.11 Å². The Hall–Kier alpha value is -1.45. The first-order valence-electron chi connectivity index (χ1n) is 5.87. The molecule has 1 rings (SSSR count). The molecule has 0 aliphatic heterocycles. The maximum absolute atomic E-state index is 11.9. The predicted molar refractivity (Wildman–Crippen MR) is 74.0 cm³/mol. The van der Waals surface area contributed by atoms with E-state index in [1.54, 1.807) is 18.4 Å². The summed E-state index contributed by atoms with van der Waals surface area (Å²) >= 11 is 1.03. The molecule has 112 valence electrons. The van der Waals surface area contributed by atoms with Crippen molar-refractivity contribution in [2.75, 3.05) is 0 Å². The van der Waals surface area contributed by atoms with Crippen LogP contribution in [0, 0.1) is 0 Å². The molecule has 2 atom stereocenters. The van der Waals surface area contributed by atoms with Crippen LogP contribution in [0.15, 0.2) is 21.7 Å². The largest absolute Gasteiger partial charge is 0.480 e. The van der Waals surface area contributed by atoms with Gasteiger partial charge in [-0.15, -0.1) is 11.3 Å². The Morgan fingerprint density at radius 1 is 1.45 bits per heavy atom. The Bertz CT molecular complexity index is 568. The lowest BCUT2D eigenvalue weighted by molar-refractivity contribution is -0.142. The van der Waals surface area contributed by atoms with Gasteiger partial charge in [-0.2, -0.15) is 4.72 Å². The van der Waals surface area contributed by atoms with Crippen LogP contribution in [0.4, 0.5) is 0 Å². The highest BCUT2D eigenvalue weighted by Crippen LogP contribution is 2.15. The second-order valence-corrected chi connectivity index (χ2v) is 6.97. The molecule has 0 aromatic carbocycles. The van der Waals surface area contributed by atoms with Crippen LogP contribution in [0.25, 0.3) is 0 Å². The first kappa shape index (κ1) is 16.6. The Morgan fingerprint density at radius 2 is 2.10 bits per heavy atom. The highest BCUT2D eigenvalue weighted by molar-refractivity contribution is 7.91. The van der Waals surface area contributed by atoms with E-state index in [9.17, 15) is 18.0 Å². The molecule has 1 amide bonds. The van der Waals surface area contributed by atoms with Crippen molar-refractivity contribution >= 4 is 33.2 Å². The van der Waals surface area contributed by atoms with E-state index in [0.29, 0.717) is 0 Å². The lowest BCUT2D eigenvalue weighted by Crippen LogP contribution is -2.49. The van der Waals surface area contributed by atoms with Crippen molar-refractivity contribution in [3.63, 3.8) is 0 Å². The molecule has 1 aromatic heterocycles. The standard InChI is InChI=1S/C11H16N2O5S2/c1-3-8(11(15)16)12-10(14)7(2)13-20(17,18)9-5-4-6-19-9/h4-8,13H,3H2,1-2H3,(H,12,14)(H,15,16). The molecule has 0 aliphatic rings. The van der Waals surface area contributed by atoms with Gasteiger partial charge in [-0.1, -0.05) is 13.0 Å². The number of aliphatic carboxylic acids is 1. The highest BCUT2D eigenvalue weighted by Gasteiger charge is 2.25. The van der Waals surface area contributed by atoms with Crippen molar-refractivity contribution in [3.8, 4) is 0 Å². The summed E-state index contributed by atoms with van der Waals surface area (Å²) in [6.45, 7) is 2.97. The Balaban J connectivity index is 2.69. The van der Waals surface area contributed by atoms with Crippen molar-refractivity contribution in [1.82, 2.24) is 10.0 Å². The molecule has 0 saturated heterocycles. The van der Waals surface area contributed by atoms with Gasteiger partial charge in [-0.05, 0) is 24.8 Å². The molecular formula is C11H16N2O5S2. The van der Waals surface area contributed by atoms with Crippen LogP contribution >= 0.6 is 11.3 Å². The lowest BCUT2D eigenvalue weighted by Gasteiger charge is -2.17. The van der Waals surface area contributed by atoms with Gasteiger partial charge in [0.1, 0.15) is 10.3 Å². The second kappa shape index (κ2) is 6.82. The van der Waals surface area contributed by atoms with Gasteiger partial charge in [0, 0.05) is 0 Å². The molecule has 20 heavy (non-hydrogen) atoms. The number of rotatable bonds is 7. The van der Waals surface area contributed by atoms with E-state index in [0.717, 1.165) is 11.3 Å². The molecule has 1 aromatic rings.